The van der Waals surface area contributed by atoms with Gasteiger partial charge in [-0.3, -0.25) is 0 Å². The summed E-state index contributed by atoms with van der Waals surface area (Å²) in [5, 5.41) is 3.44. The average Bonchev–Trinajstić information content (AvgIpc) is 2.30. The Morgan fingerprint density at radius 1 is 1.50 bits per heavy atom. The SMILES string of the molecule is CCCC(C)CNCc1cccnc1OC. The van der Waals surface area contributed by atoms with E-state index in [1.54, 1.807) is 13.3 Å². The van der Waals surface area contributed by atoms with E-state index < -0.39 is 0 Å². The van der Waals surface area contributed by atoms with Crippen LogP contribution in [0.2, 0.25) is 0 Å². The lowest BCUT2D eigenvalue weighted by atomic mass is 10.1. The highest BCUT2D eigenvalue weighted by atomic mass is 16.5. The third kappa shape index (κ3) is 4.19. The predicted octanol–water partition coefficient (Wildman–Crippen LogP) is 2.62. The molecule has 3 heteroatoms. The molecule has 1 N–H and O–H groups in total. The molecule has 0 spiro atoms. The minimum absolute atomic E-state index is 0.721. The number of aromatic nitrogens is 1. The molecule has 1 aromatic heterocycles. The van der Waals surface area contributed by atoms with Gasteiger partial charge in [-0.2, -0.15) is 0 Å². The monoisotopic (exact) mass is 222 g/mol. The van der Waals surface area contributed by atoms with Crippen molar-refractivity contribution in [3.8, 4) is 5.88 Å². The quantitative estimate of drug-likeness (QED) is 0.770. The number of pyridine rings is 1. The summed E-state index contributed by atoms with van der Waals surface area (Å²) >= 11 is 0. The summed E-state index contributed by atoms with van der Waals surface area (Å²) in [6, 6.07) is 3.98. The Balaban J connectivity index is 2.36. The molecular formula is C13H22N2O. The van der Waals surface area contributed by atoms with Gasteiger partial charge in [-0.25, -0.2) is 4.98 Å². The fourth-order valence-corrected chi connectivity index (χ4v) is 1.79. The maximum absolute atomic E-state index is 5.20. The van der Waals surface area contributed by atoms with E-state index in [1.165, 1.54) is 12.8 Å². The number of methoxy groups -OCH3 is 1. The van der Waals surface area contributed by atoms with Gasteiger partial charge in [-0.15, -0.1) is 0 Å². The molecule has 0 radical (unpaired) electrons. The van der Waals surface area contributed by atoms with Gasteiger partial charge in [0.25, 0.3) is 0 Å². The molecule has 16 heavy (non-hydrogen) atoms. The molecule has 1 rings (SSSR count). The number of hydrogen-bond donors (Lipinski definition) is 1. The van der Waals surface area contributed by atoms with Crippen LogP contribution in [0.4, 0.5) is 0 Å². The van der Waals surface area contributed by atoms with Gasteiger partial charge < -0.3 is 10.1 Å². The lowest BCUT2D eigenvalue weighted by Crippen LogP contribution is -2.21. The smallest absolute Gasteiger partial charge is 0.217 e. The molecule has 0 fully saturated rings. The average molecular weight is 222 g/mol. The highest BCUT2D eigenvalue weighted by Gasteiger charge is 2.04. The van der Waals surface area contributed by atoms with Crippen molar-refractivity contribution in [3.05, 3.63) is 23.9 Å². The normalized spacial score (nSPS) is 12.4. The van der Waals surface area contributed by atoms with Crippen molar-refractivity contribution < 1.29 is 4.74 Å². The van der Waals surface area contributed by atoms with Crippen LogP contribution in [0.25, 0.3) is 0 Å². The summed E-state index contributed by atoms with van der Waals surface area (Å²) in [7, 11) is 1.66. The molecule has 0 aromatic carbocycles. The van der Waals surface area contributed by atoms with Crippen molar-refractivity contribution in [1.29, 1.82) is 0 Å². The third-order valence-corrected chi connectivity index (χ3v) is 2.63. The molecular weight excluding hydrogens is 200 g/mol. The minimum atomic E-state index is 0.721. The first-order valence-corrected chi connectivity index (χ1v) is 5.96. The van der Waals surface area contributed by atoms with Crippen molar-refractivity contribution in [2.24, 2.45) is 5.92 Å². The number of hydrogen-bond acceptors (Lipinski definition) is 3. The molecule has 1 aromatic rings. The summed E-state index contributed by atoms with van der Waals surface area (Å²) in [6.45, 7) is 6.37. The van der Waals surface area contributed by atoms with Crippen molar-refractivity contribution in [2.45, 2.75) is 33.2 Å². The highest BCUT2D eigenvalue weighted by Crippen LogP contribution is 2.13. The Hall–Kier alpha value is -1.09. The summed E-state index contributed by atoms with van der Waals surface area (Å²) in [4.78, 5) is 4.17. The van der Waals surface area contributed by atoms with Crippen LogP contribution in [0.5, 0.6) is 5.88 Å². The largest absolute Gasteiger partial charge is 0.481 e. The summed E-state index contributed by atoms with van der Waals surface area (Å²) < 4.78 is 5.20. The van der Waals surface area contributed by atoms with E-state index in [4.69, 9.17) is 4.74 Å². The lowest BCUT2D eigenvalue weighted by molar-refractivity contribution is 0.388. The van der Waals surface area contributed by atoms with E-state index in [2.05, 4.69) is 24.1 Å². The molecule has 0 saturated heterocycles. The summed E-state index contributed by atoms with van der Waals surface area (Å²) in [6.07, 6.45) is 4.28. The first-order chi connectivity index (χ1) is 7.77. The highest BCUT2D eigenvalue weighted by molar-refractivity contribution is 5.24. The Labute approximate surface area is 98.2 Å². The Bertz CT molecular complexity index is 302. The second-order valence-corrected chi connectivity index (χ2v) is 4.20. The lowest BCUT2D eigenvalue weighted by Gasteiger charge is -2.12. The fraction of sp³-hybridized carbons (Fsp3) is 0.615. The topological polar surface area (TPSA) is 34.2 Å². The standard InChI is InChI=1S/C13H22N2O/c1-4-6-11(2)9-14-10-12-7-5-8-15-13(12)16-3/h5,7-8,11,14H,4,6,9-10H2,1-3H3. The van der Waals surface area contributed by atoms with Crippen LogP contribution in [0.15, 0.2) is 18.3 Å². The van der Waals surface area contributed by atoms with E-state index in [9.17, 15) is 0 Å². The van der Waals surface area contributed by atoms with Gasteiger partial charge >= 0.3 is 0 Å². The predicted molar refractivity (Wildman–Crippen MR) is 66.6 cm³/mol. The van der Waals surface area contributed by atoms with Crippen LogP contribution in [0.1, 0.15) is 32.3 Å². The molecule has 1 unspecified atom stereocenters. The zero-order valence-electron chi connectivity index (χ0n) is 10.5. The van der Waals surface area contributed by atoms with Gasteiger partial charge in [0.15, 0.2) is 0 Å². The molecule has 0 aliphatic rings. The Morgan fingerprint density at radius 3 is 3.00 bits per heavy atom. The zero-order chi connectivity index (χ0) is 11.8. The zero-order valence-corrected chi connectivity index (χ0v) is 10.5. The summed E-state index contributed by atoms with van der Waals surface area (Å²) in [5.41, 5.74) is 1.12. The number of rotatable bonds is 7. The van der Waals surface area contributed by atoms with Gasteiger partial charge in [0.05, 0.1) is 7.11 Å². The minimum Gasteiger partial charge on any atom is -0.481 e. The van der Waals surface area contributed by atoms with Crippen molar-refractivity contribution in [1.82, 2.24) is 10.3 Å². The van der Waals surface area contributed by atoms with E-state index in [1.807, 2.05) is 12.1 Å². The first kappa shape index (κ1) is 13.0. The van der Waals surface area contributed by atoms with Crippen molar-refractivity contribution >= 4 is 0 Å². The molecule has 0 aliphatic carbocycles. The maximum Gasteiger partial charge on any atom is 0.217 e. The van der Waals surface area contributed by atoms with Gasteiger partial charge in [0.2, 0.25) is 5.88 Å². The van der Waals surface area contributed by atoms with Crippen LogP contribution in [0.3, 0.4) is 0 Å². The molecule has 0 bridgehead atoms. The maximum atomic E-state index is 5.20. The molecule has 90 valence electrons. The van der Waals surface area contributed by atoms with Gasteiger partial charge in [-0.05, 0) is 24.9 Å². The molecule has 1 atom stereocenters. The third-order valence-electron chi connectivity index (χ3n) is 2.63. The summed E-state index contributed by atoms with van der Waals surface area (Å²) in [5.74, 6) is 1.45. The van der Waals surface area contributed by atoms with Crippen LogP contribution in [-0.4, -0.2) is 18.6 Å². The second kappa shape index (κ2) is 7.23. The van der Waals surface area contributed by atoms with Gasteiger partial charge in [0.1, 0.15) is 0 Å². The van der Waals surface area contributed by atoms with E-state index in [0.29, 0.717) is 0 Å². The van der Waals surface area contributed by atoms with Crippen LogP contribution < -0.4 is 10.1 Å². The molecule has 3 nitrogen and oxygen atoms in total. The van der Waals surface area contributed by atoms with Gasteiger partial charge in [-0.1, -0.05) is 26.3 Å². The second-order valence-electron chi connectivity index (χ2n) is 4.20. The number of nitrogens with one attached hydrogen (secondary N) is 1. The van der Waals surface area contributed by atoms with Crippen molar-refractivity contribution in [2.75, 3.05) is 13.7 Å². The molecule has 1 heterocycles. The Kier molecular flexibility index (Phi) is 5.86. The molecule has 0 aliphatic heterocycles. The van der Waals surface area contributed by atoms with E-state index in [0.717, 1.165) is 30.5 Å². The van der Waals surface area contributed by atoms with Crippen LogP contribution in [-0.2, 0) is 6.54 Å². The van der Waals surface area contributed by atoms with Gasteiger partial charge in [0, 0.05) is 18.3 Å². The van der Waals surface area contributed by atoms with E-state index in [-0.39, 0.29) is 0 Å². The molecule has 0 saturated carbocycles. The fourth-order valence-electron chi connectivity index (χ4n) is 1.79. The first-order valence-electron chi connectivity index (χ1n) is 5.96. The number of nitrogens with zero attached hydrogens (tertiary/aromatic N) is 1. The van der Waals surface area contributed by atoms with Crippen LogP contribution >= 0.6 is 0 Å². The number of ether oxygens (including phenoxy) is 1. The van der Waals surface area contributed by atoms with E-state index >= 15 is 0 Å². The molecule has 0 amide bonds. The Morgan fingerprint density at radius 2 is 2.31 bits per heavy atom. The van der Waals surface area contributed by atoms with Crippen LogP contribution in [0, 0.1) is 5.92 Å². The van der Waals surface area contributed by atoms with Crippen molar-refractivity contribution in [3.63, 3.8) is 0 Å².